The van der Waals surface area contributed by atoms with E-state index >= 15 is 0 Å². The normalized spacial score (nSPS) is 12.1. The summed E-state index contributed by atoms with van der Waals surface area (Å²) in [6.07, 6.45) is -6.33. The predicted octanol–water partition coefficient (Wildman–Crippen LogP) is 2.53. The van der Waals surface area contributed by atoms with E-state index in [4.69, 9.17) is 0 Å². The average molecular weight is 276 g/mol. The summed E-state index contributed by atoms with van der Waals surface area (Å²) in [7, 11) is 0. The Kier molecular flexibility index (Phi) is 3.97. The minimum absolute atomic E-state index is 0.0502. The van der Waals surface area contributed by atoms with Crippen LogP contribution in [0.2, 0.25) is 0 Å². The fourth-order valence-electron chi connectivity index (χ4n) is 1.59. The Hall–Kier alpha value is -1.92. The number of hydrogen-bond donors (Lipinski definition) is 0. The monoisotopic (exact) mass is 276 g/mol. The summed E-state index contributed by atoms with van der Waals surface area (Å²) in [6.45, 7) is 4.79. The molecule has 0 heterocycles. The van der Waals surface area contributed by atoms with Crippen LogP contribution in [0.3, 0.4) is 0 Å². The van der Waals surface area contributed by atoms with Gasteiger partial charge in [-0.1, -0.05) is 6.07 Å². The Balaban J connectivity index is 3.13. The van der Waals surface area contributed by atoms with Crippen LogP contribution in [-0.2, 0) is 0 Å². The van der Waals surface area contributed by atoms with Crippen molar-refractivity contribution in [3.05, 3.63) is 24.3 Å². The highest BCUT2D eigenvalue weighted by Crippen LogP contribution is 2.29. The van der Waals surface area contributed by atoms with E-state index in [0.29, 0.717) is 0 Å². The summed E-state index contributed by atoms with van der Waals surface area (Å²) in [6, 6.07) is 4.73. The van der Waals surface area contributed by atoms with Gasteiger partial charge in [-0.15, -0.1) is 13.2 Å². The molecular formula is C12H13F3NO3-. The Labute approximate surface area is 108 Å². The van der Waals surface area contributed by atoms with Gasteiger partial charge < -0.3 is 19.5 Å². The van der Waals surface area contributed by atoms with Crippen LogP contribution in [0.25, 0.3) is 0 Å². The van der Waals surface area contributed by atoms with Gasteiger partial charge in [0, 0.05) is 17.3 Å². The molecule has 0 saturated carbocycles. The molecule has 1 aromatic rings. The molecule has 7 heteroatoms. The number of ether oxygens (including phenoxy) is 1. The van der Waals surface area contributed by atoms with Crippen molar-refractivity contribution in [2.45, 2.75) is 32.7 Å². The molecule has 0 atom stereocenters. The van der Waals surface area contributed by atoms with Crippen LogP contribution in [-0.4, -0.2) is 18.0 Å². The average Bonchev–Trinajstić information content (AvgIpc) is 2.11. The van der Waals surface area contributed by atoms with Gasteiger partial charge in [-0.2, -0.15) is 0 Å². The van der Waals surface area contributed by atoms with Crippen LogP contribution in [0.4, 0.5) is 23.7 Å². The SMILES string of the molecule is CC(C)(C)N(C(=O)[O-])c1cccc(OC(F)(F)F)c1. The third kappa shape index (κ3) is 4.35. The highest BCUT2D eigenvalue weighted by molar-refractivity contribution is 5.86. The molecule has 0 aliphatic rings. The van der Waals surface area contributed by atoms with E-state index in [1.165, 1.54) is 12.1 Å². The van der Waals surface area contributed by atoms with Crippen molar-refractivity contribution in [1.82, 2.24) is 0 Å². The molecule has 1 amide bonds. The van der Waals surface area contributed by atoms with Gasteiger partial charge in [0.2, 0.25) is 0 Å². The summed E-state index contributed by atoms with van der Waals surface area (Å²) in [4.78, 5) is 12.0. The fraction of sp³-hybridized carbons (Fsp3) is 0.417. The maximum atomic E-state index is 12.1. The van der Waals surface area contributed by atoms with Crippen molar-refractivity contribution in [1.29, 1.82) is 0 Å². The number of benzene rings is 1. The molecule has 1 aromatic carbocycles. The standard InChI is InChI=1S/C12H14F3NO3/c1-11(2,3)16(10(17)18)8-5-4-6-9(7-8)19-12(13,14)15/h4-7H,1-3H3,(H,17,18)/p-1. The topological polar surface area (TPSA) is 52.6 Å². The number of nitrogens with zero attached hydrogens (tertiary/aromatic N) is 1. The lowest BCUT2D eigenvalue weighted by Gasteiger charge is -2.37. The first-order valence-electron chi connectivity index (χ1n) is 5.38. The number of amides is 1. The van der Waals surface area contributed by atoms with Crippen LogP contribution in [0.5, 0.6) is 5.75 Å². The second kappa shape index (κ2) is 4.99. The van der Waals surface area contributed by atoms with Crippen LogP contribution < -0.4 is 14.7 Å². The number of rotatable bonds is 2. The number of carbonyl (C=O) groups is 1. The largest absolute Gasteiger partial charge is 0.573 e. The number of carbonyl (C=O) groups excluding carboxylic acids is 1. The summed E-state index contributed by atoms with van der Waals surface area (Å²) in [5.74, 6) is -0.486. The highest BCUT2D eigenvalue weighted by atomic mass is 19.4. The third-order valence-electron chi connectivity index (χ3n) is 2.16. The lowest BCUT2D eigenvalue weighted by atomic mass is 10.1. The molecule has 19 heavy (non-hydrogen) atoms. The Morgan fingerprint density at radius 3 is 2.26 bits per heavy atom. The zero-order chi connectivity index (χ0) is 14.8. The number of anilines is 1. The van der Waals surface area contributed by atoms with Gasteiger partial charge in [-0.3, -0.25) is 0 Å². The first kappa shape index (κ1) is 15.1. The van der Waals surface area contributed by atoms with Gasteiger partial charge >= 0.3 is 6.36 Å². The van der Waals surface area contributed by atoms with E-state index in [0.717, 1.165) is 17.0 Å². The smallest absolute Gasteiger partial charge is 0.530 e. The van der Waals surface area contributed by atoms with Gasteiger partial charge in [0.1, 0.15) is 11.8 Å². The van der Waals surface area contributed by atoms with Gasteiger partial charge in [-0.05, 0) is 32.9 Å². The first-order valence-corrected chi connectivity index (χ1v) is 5.38. The van der Waals surface area contributed by atoms with E-state index in [9.17, 15) is 23.1 Å². The zero-order valence-electron chi connectivity index (χ0n) is 10.6. The van der Waals surface area contributed by atoms with Crippen molar-refractivity contribution >= 4 is 11.8 Å². The van der Waals surface area contributed by atoms with Crippen molar-refractivity contribution in [2.75, 3.05) is 4.90 Å². The van der Waals surface area contributed by atoms with Gasteiger partial charge in [-0.25, -0.2) is 0 Å². The second-order valence-corrected chi connectivity index (χ2v) is 4.82. The highest BCUT2D eigenvalue weighted by Gasteiger charge is 2.31. The summed E-state index contributed by atoms with van der Waals surface area (Å²) < 4.78 is 40.1. The molecule has 0 spiro atoms. The minimum Gasteiger partial charge on any atom is -0.530 e. The fourth-order valence-corrected chi connectivity index (χ4v) is 1.59. The quantitative estimate of drug-likeness (QED) is 0.834. The number of carboxylic acid groups (broad SMARTS) is 1. The molecule has 4 nitrogen and oxygen atoms in total. The molecule has 0 saturated heterocycles. The molecule has 1 rings (SSSR count). The van der Waals surface area contributed by atoms with Crippen LogP contribution >= 0.6 is 0 Å². The number of halogens is 3. The molecular weight excluding hydrogens is 263 g/mol. The summed E-state index contributed by atoms with van der Waals surface area (Å²) in [5.41, 5.74) is -0.801. The minimum atomic E-state index is -4.83. The molecule has 0 N–H and O–H groups in total. The van der Waals surface area contributed by atoms with E-state index in [1.54, 1.807) is 20.8 Å². The van der Waals surface area contributed by atoms with Gasteiger partial charge in [0.15, 0.2) is 0 Å². The number of alkyl halides is 3. The maximum Gasteiger partial charge on any atom is 0.573 e. The predicted molar refractivity (Wildman–Crippen MR) is 60.8 cm³/mol. The molecule has 0 unspecified atom stereocenters. The molecule has 0 bridgehead atoms. The molecule has 106 valence electrons. The van der Waals surface area contributed by atoms with E-state index in [2.05, 4.69) is 4.74 Å². The molecule has 0 aliphatic heterocycles. The Bertz CT molecular complexity index is 466. The van der Waals surface area contributed by atoms with Crippen molar-refractivity contribution in [3.63, 3.8) is 0 Å². The van der Waals surface area contributed by atoms with Crippen molar-refractivity contribution < 1.29 is 27.8 Å². The Morgan fingerprint density at radius 1 is 1.26 bits per heavy atom. The lowest BCUT2D eigenvalue weighted by molar-refractivity contribution is -0.274. The van der Waals surface area contributed by atoms with Crippen LogP contribution in [0.15, 0.2) is 24.3 Å². The third-order valence-corrected chi connectivity index (χ3v) is 2.16. The van der Waals surface area contributed by atoms with E-state index < -0.39 is 23.7 Å². The van der Waals surface area contributed by atoms with Crippen molar-refractivity contribution in [3.8, 4) is 5.75 Å². The van der Waals surface area contributed by atoms with Crippen LogP contribution in [0, 0.1) is 0 Å². The second-order valence-electron chi connectivity index (χ2n) is 4.82. The Morgan fingerprint density at radius 2 is 1.84 bits per heavy atom. The number of hydrogen-bond acceptors (Lipinski definition) is 3. The summed E-state index contributed by atoms with van der Waals surface area (Å²) >= 11 is 0. The van der Waals surface area contributed by atoms with Gasteiger partial charge in [0.05, 0.1) is 0 Å². The molecule has 0 radical (unpaired) electrons. The molecule has 0 fully saturated rings. The van der Waals surface area contributed by atoms with E-state index in [1.807, 2.05) is 0 Å². The molecule has 0 aliphatic carbocycles. The summed E-state index contributed by atoms with van der Waals surface area (Å²) in [5, 5.41) is 11.1. The molecule has 0 aromatic heterocycles. The van der Waals surface area contributed by atoms with E-state index in [-0.39, 0.29) is 5.69 Å². The van der Waals surface area contributed by atoms with Gasteiger partial charge in [0.25, 0.3) is 0 Å². The first-order chi connectivity index (χ1) is 8.50. The van der Waals surface area contributed by atoms with Crippen molar-refractivity contribution in [2.24, 2.45) is 0 Å². The maximum absolute atomic E-state index is 12.1. The van der Waals surface area contributed by atoms with Crippen LogP contribution in [0.1, 0.15) is 20.8 Å². The lowest BCUT2D eigenvalue weighted by Crippen LogP contribution is -2.52. The zero-order valence-corrected chi connectivity index (χ0v) is 10.6.